The number of ether oxygens (including phenoxy) is 1. The van der Waals surface area contributed by atoms with Crippen molar-refractivity contribution in [3.8, 4) is 0 Å². The van der Waals surface area contributed by atoms with Gasteiger partial charge in [0.25, 0.3) is 0 Å². The van der Waals surface area contributed by atoms with Crippen LogP contribution in [-0.2, 0) is 9.53 Å². The summed E-state index contributed by atoms with van der Waals surface area (Å²) in [4.78, 5) is 11.8. The van der Waals surface area contributed by atoms with Crippen LogP contribution in [0.15, 0.2) is 0 Å². The van der Waals surface area contributed by atoms with Crippen molar-refractivity contribution in [3.63, 3.8) is 0 Å². The molecule has 1 rings (SSSR count). The summed E-state index contributed by atoms with van der Waals surface area (Å²) in [5.41, 5.74) is 5.86. The normalized spacial score (nSPS) is 25.4. The zero-order valence-corrected chi connectivity index (χ0v) is 10.2. The van der Waals surface area contributed by atoms with Crippen LogP contribution in [0.5, 0.6) is 0 Å². The van der Waals surface area contributed by atoms with Crippen LogP contribution in [0.2, 0.25) is 0 Å². The summed E-state index contributed by atoms with van der Waals surface area (Å²) >= 11 is 0. The monoisotopic (exact) mass is 228 g/mol. The van der Waals surface area contributed by atoms with E-state index in [1.807, 2.05) is 0 Å². The van der Waals surface area contributed by atoms with Gasteiger partial charge in [-0.3, -0.25) is 4.79 Å². The third-order valence-corrected chi connectivity index (χ3v) is 3.16. The molecule has 0 bridgehead atoms. The number of carbonyl (C=O) groups is 1. The van der Waals surface area contributed by atoms with Gasteiger partial charge >= 0.3 is 0 Å². The molecular weight excluding hydrogens is 204 g/mol. The fourth-order valence-electron chi connectivity index (χ4n) is 2.19. The van der Waals surface area contributed by atoms with Crippen molar-refractivity contribution in [3.05, 3.63) is 0 Å². The van der Waals surface area contributed by atoms with E-state index in [0.717, 1.165) is 51.7 Å². The molecule has 94 valence electrons. The molecule has 4 nitrogen and oxygen atoms in total. The zero-order valence-electron chi connectivity index (χ0n) is 10.2. The lowest BCUT2D eigenvalue weighted by molar-refractivity contribution is -0.126. The first-order valence-electron chi connectivity index (χ1n) is 6.26. The third kappa shape index (κ3) is 4.94. The minimum Gasteiger partial charge on any atom is -0.385 e. The maximum atomic E-state index is 11.8. The Labute approximate surface area is 97.9 Å². The highest BCUT2D eigenvalue weighted by molar-refractivity contribution is 5.78. The van der Waals surface area contributed by atoms with Crippen LogP contribution in [0.4, 0.5) is 0 Å². The van der Waals surface area contributed by atoms with Crippen LogP contribution in [0, 0.1) is 5.92 Å². The Morgan fingerprint density at radius 2 is 2.25 bits per heavy atom. The van der Waals surface area contributed by atoms with Crippen molar-refractivity contribution >= 4 is 5.91 Å². The summed E-state index contributed by atoms with van der Waals surface area (Å²) in [6, 6.07) is 0.220. The second kappa shape index (κ2) is 7.63. The molecule has 0 radical (unpaired) electrons. The van der Waals surface area contributed by atoms with Gasteiger partial charge in [-0.05, 0) is 32.1 Å². The molecule has 1 saturated carbocycles. The molecule has 0 spiro atoms. The quantitative estimate of drug-likeness (QED) is 0.668. The van der Waals surface area contributed by atoms with E-state index in [2.05, 4.69) is 5.32 Å². The molecule has 2 unspecified atom stereocenters. The molecule has 4 heteroatoms. The maximum Gasteiger partial charge on any atom is 0.223 e. The van der Waals surface area contributed by atoms with Gasteiger partial charge in [0.2, 0.25) is 5.91 Å². The minimum absolute atomic E-state index is 0.145. The molecule has 0 aromatic heterocycles. The highest BCUT2D eigenvalue weighted by atomic mass is 16.5. The summed E-state index contributed by atoms with van der Waals surface area (Å²) in [7, 11) is 1.70. The topological polar surface area (TPSA) is 64.3 Å². The predicted octanol–water partition coefficient (Wildman–Crippen LogP) is 1.05. The highest BCUT2D eigenvalue weighted by Crippen LogP contribution is 2.22. The molecule has 1 aliphatic rings. The van der Waals surface area contributed by atoms with Crippen molar-refractivity contribution in [1.29, 1.82) is 0 Å². The van der Waals surface area contributed by atoms with E-state index in [-0.39, 0.29) is 17.9 Å². The van der Waals surface area contributed by atoms with Gasteiger partial charge in [-0.15, -0.1) is 0 Å². The average Bonchev–Trinajstić information content (AvgIpc) is 2.28. The van der Waals surface area contributed by atoms with Crippen molar-refractivity contribution in [2.75, 3.05) is 20.3 Å². The number of carbonyl (C=O) groups excluding carboxylic acids is 1. The summed E-state index contributed by atoms with van der Waals surface area (Å²) in [5, 5.41) is 2.98. The number of amides is 1. The molecule has 0 aliphatic heterocycles. The second-order valence-electron chi connectivity index (χ2n) is 4.61. The van der Waals surface area contributed by atoms with Crippen LogP contribution >= 0.6 is 0 Å². The first-order chi connectivity index (χ1) is 7.74. The van der Waals surface area contributed by atoms with Crippen molar-refractivity contribution in [2.45, 2.75) is 44.6 Å². The van der Waals surface area contributed by atoms with Gasteiger partial charge in [0.1, 0.15) is 0 Å². The van der Waals surface area contributed by atoms with Gasteiger partial charge in [0.15, 0.2) is 0 Å². The molecular formula is C12H24N2O2. The van der Waals surface area contributed by atoms with E-state index < -0.39 is 0 Å². The molecule has 1 amide bonds. The average molecular weight is 228 g/mol. The SMILES string of the molecule is COCCCCNC(=O)C1CCCC(N)C1. The van der Waals surface area contributed by atoms with Gasteiger partial charge in [0.05, 0.1) is 0 Å². The highest BCUT2D eigenvalue weighted by Gasteiger charge is 2.24. The largest absolute Gasteiger partial charge is 0.385 e. The Balaban J connectivity index is 2.09. The van der Waals surface area contributed by atoms with E-state index >= 15 is 0 Å². The standard InChI is InChI=1S/C12H24N2O2/c1-16-8-3-2-7-14-12(15)10-5-4-6-11(13)9-10/h10-11H,2-9,13H2,1H3,(H,14,15). The molecule has 0 aromatic rings. The number of rotatable bonds is 6. The zero-order chi connectivity index (χ0) is 11.8. The van der Waals surface area contributed by atoms with Crippen molar-refractivity contribution in [2.24, 2.45) is 11.7 Å². The molecule has 2 atom stereocenters. The van der Waals surface area contributed by atoms with Crippen LogP contribution in [0.3, 0.4) is 0 Å². The fraction of sp³-hybridized carbons (Fsp3) is 0.917. The molecule has 0 aromatic carbocycles. The number of unbranched alkanes of at least 4 members (excludes halogenated alkanes) is 1. The van der Waals surface area contributed by atoms with Gasteiger partial charge in [0, 0.05) is 32.2 Å². The fourth-order valence-corrected chi connectivity index (χ4v) is 2.19. The van der Waals surface area contributed by atoms with Crippen LogP contribution in [0.1, 0.15) is 38.5 Å². The Kier molecular flexibility index (Phi) is 6.42. The summed E-state index contributed by atoms with van der Waals surface area (Å²) in [6.45, 7) is 1.53. The van der Waals surface area contributed by atoms with E-state index in [1.54, 1.807) is 7.11 Å². The number of methoxy groups -OCH3 is 1. The van der Waals surface area contributed by atoms with Crippen LogP contribution in [0.25, 0.3) is 0 Å². The first kappa shape index (κ1) is 13.5. The molecule has 1 aliphatic carbocycles. The molecule has 0 heterocycles. The Hall–Kier alpha value is -0.610. The number of hydrogen-bond donors (Lipinski definition) is 2. The lowest BCUT2D eigenvalue weighted by Crippen LogP contribution is -2.38. The molecule has 0 saturated heterocycles. The number of hydrogen-bond acceptors (Lipinski definition) is 3. The summed E-state index contributed by atoms with van der Waals surface area (Å²) < 4.78 is 4.95. The minimum atomic E-state index is 0.145. The molecule has 3 N–H and O–H groups in total. The van der Waals surface area contributed by atoms with Gasteiger partial charge < -0.3 is 15.8 Å². The smallest absolute Gasteiger partial charge is 0.223 e. The van der Waals surface area contributed by atoms with Gasteiger partial charge in [-0.1, -0.05) is 6.42 Å². The van der Waals surface area contributed by atoms with E-state index in [0.29, 0.717) is 0 Å². The van der Waals surface area contributed by atoms with E-state index in [4.69, 9.17) is 10.5 Å². The second-order valence-corrected chi connectivity index (χ2v) is 4.61. The van der Waals surface area contributed by atoms with Gasteiger partial charge in [-0.2, -0.15) is 0 Å². The Morgan fingerprint density at radius 3 is 2.94 bits per heavy atom. The Bertz CT molecular complexity index is 209. The Morgan fingerprint density at radius 1 is 1.44 bits per heavy atom. The van der Waals surface area contributed by atoms with Gasteiger partial charge in [-0.25, -0.2) is 0 Å². The molecule has 1 fully saturated rings. The predicted molar refractivity (Wildman–Crippen MR) is 64.1 cm³/mol. The maximum absolute atomic E-state index is 11.8. The van der Waals surface area contributed by atoms with Crippen molar-refractivity contribution < 1.29 is 9.53 Å². The third-order valence-electron chi connectivity index (χ3n) is 3.16. The molecule has 16 heavy (non-hydrogen) atoms. The summed E-state index contributed by atoms with van der Waals surface area (Å²) in [5.74, 6) is 0.332. The van der Waals surface area contributed by atoms with Crippen molar-refractivity contribution in [1.82, 2.24) is 5.32 Å². The van der Waals surface area contributed by atoms with E-state index in [1.165, 1.54) is 0 Å². The number of nitrogens with one attached hydrogen (secondary N) is 1. The summed E-state index contributed by atoms with van der Waals surface area (Å²) in [6.07, 6.45) is 5.99. The van der Waals surface area contributed by atoms with E-state index in [9.17, 15) is 4.79 Å². The lowest BCUT2D eigenvalue weighted by atomic mass is 9.85. The van der Waals surface area contributed by atoms with Crippen LogP contribution < -0.4 is 11.1 Å². The van der Waals surface area contributed by atoms with Crippen LogP contribution in [-0.4, -0.2) is 32.2 Å². The number of nitrogens with two attached hydrogens (primary N) is 1. The lowest BCUT2D eigenvalue weighted by Gasteiger charge is -2.25. The first-order valence-corrected chi connectivity index (χ1v) is 6.26.